The largest absolute Gasteiger partial charge is 0.493 e. The lowest BCUT2D eigenvalue weighted by Gasteiger charge is -2.29. The molecule has 1 aliphatic heterocycles. The summed E-state index contributed by atoms with van der Waals surface area (Å²) in [5.41, 5.74) is 0.652. The number of nitrogens with zero attached hydrogens (tertiary/aromatic N) is 1. The van der Waals surface area contributed by atoms with Crippen molar-refractivity contribution in [1.29, 1.82) is 0 Å². The molecule has 1 heterocycles. The lowest BCUT2D eigenvalue weighted by molar-refractivity contribution is -0.122. The number of rotatable bonds is 5. The van der Waals surface area contributed by atoms with Crippen LogP contribution in [0.4, 0.5) is 10.1 Å². The molecule has 150 valence electrons. The van der Waals surface area contributed by atoms with Gasteiger partial charge in [-0.2, -0.15) is 0 Å². The monoisotopic (exact) mass is 416 g/mol. The second-order valence-corrected chi connectivity index (χ2v) is 6.28. The highest BCUT2D eigenvalue weighted by Crippen LogP contribution is 2.39. The molecule has 1 fully saturated rings. The first kappa shape index (κ1) is 20.3. The lowest BCUT2D eigenvalue weighted by atomic mass is 10.1. The van der Waals surface area contributed by atoms with E-state index in [1.54, 1.807) is 12.1 Å². The third-order valence-electron chi connectivity index (χ3n) is 4.18. The zero-order valence-corrected chi connectivity index (χ0v) is 16.6. The second-order valence-electron chi connectivity index (χ2n) is 5.89. The minimum Gasteiger partial charge on any atom is -0.493 e. The normalized spacial score (nSPS) is 15.4. The number of hydrogen-bond acceptors (Lipinski definition) is 6. The molecule has 0 aliphatic carbocycles. The van der Waals surface area contributed by atoms with Crippen LogP contribution in [0.2, 0.25) is 0 Å². The van der Waals surface area contributed by atoms with Crippen molar-refractivity contribution in [2.24, 2.45) is 0 Å². The Morgan fingerprint density at radius 2 is 1.59 bits per heavy atom. The molecular weight excluding hydrogens is 399 g/mol. The standard InChI is InChI=1S/C20H17FN2O5S/c1-26-15-9-11(10-16(27-2)17(15)28-3)8-14-18(24)22-20(29)23(19(14)25)13-6-4-12(21)5-7-13/h4-10H,1-3H3,(H,22,24,29)/b14-8-. The minimum absolute atomic E-state index is 0.0892. The fourth-order valence-electron chi connectivity index (χ4n) is 2.83. The van der Waals surface area contributed by atoms with Crippen molar-refractivity contribution >= 4 is 40.9 Å². The first-order chi connectivity index (χ1) is 13.9. The van der Waals surface area contributed by atoms with Crippen molar-refractivity contribution in [2.75, 3.05) is 26.2 Å². The van der Waals surface area contributed by atoms with E-state index in [2.05, 4.69) is 5.32 Å². The molecule has 0 radical (unpaired) electrons. The summed E-state index contributed by atoms with van der Waals surface area (Å²) in [6, 6.07) is 8.39. The molecule has 2 amide bonds. The Hall–Kier alpha value is -3.46. The Kier molecular flexibility index (Phi) is 5.79. The van der Waals surface area contributed by atoms with E-state index >= 15 is 0 Å². The molecule has 2 aromatic carbocycles. The number of halogens is 1. The van der Waals surface area contributed by atoms with Gasteiger partial charge < -0.3 is 14.2 Å². The first-order valence-electron chi connectivity index (χ1n) is 8.36. The Morgan fingerprint density at radius 3 is 2.10 bits per heavy atom. The highest BCUT2D eigenvalue weighted by molar-refractivity contribution is 7.80. The van der Waals surface area contributed by atoms with Gasteiger partial charge >= 0.3 is 0 Å². The van der Waals surface area contributed by atoms with E-state index < -0.39 is 17.6 Å². The fourth-order valence-corrected chi connectivity index (χ4v) is 3.11. The topological polar surface area (TPSA) is 77.1 Å². The van der Waals surface area contributed by atoms with Crippen molar-refractivity contribution in [3.05, 3.63) is 53.4 Å². The molecule has 7 nitrogen and oxygen atoms in total. The van der Waals surface area contributed by atoms with Gasteiger partial charge in [0.25, 0.3) is 11.8 Å². The van der Waals surface area contributed by atoms with E-state index in [-0.39, 0.29) is 10.7 Å². The summed E-state index contributed by atoms with van der Waals surface area (Å²) < 4.78 is 29.1. The van der Waals surface area contributed by atoms with Gasteiger partial charge in [0.15, 0.2) is 16.6 Å². The van der Waals surface area contributed by atoms with Gasteiger partial charge in [0.1, 0.15) is 11.4 Å². The van der Waals surface area contributed by atoms with E-state index in [0.717, 1.165) is 4.90 Å². The van der Waals surface area contributed by atoms with Gasteiger partial charge in [-0.3, -0.25) is 19.8 Å². The molecule has 0 spiro atoms. The van der Waals surface area contributed by atoms with Crippen LogP contribution >= 0.6 is 12.2 Å². The predicted octanol–water partition coefficient (Wildman–Crippen LogP) is 2.68. The van der Waals surface area contributed by atoms with Crippen LogP contribution in [0.15, 0.2) is 42.0 Å². The van der Waals surface area contributed by atoms with Crippen LogP contribution in [-0.2, 0) is 9.59 Å². The third kappa shape index (κ3) is 3.90. The highest BCUT2D eigenvalue weighted by atomic mass is 32.1. The number of nitrogens with one attached hydrogen (secondary N) is 1. The number of amides is 2. The van der Waals surface area contributed by atoms with E-state index in [1.165, 1.54) is 51.7 Å². The number of ether oxygens (including phenoxy) is 3. The maximum absolute atomic E-state index is 13.2. The number of methoxy groups -OCH3 is 3. The summed E-state index contributed by atoms with van der Waals surface area (Å²) in [7, 11) is 4.39. The van der Waals surface area contributed by atoms with Crippen LogP contribution in [0, 0.1) is 5.82 Å². The van der Waals surface area contributed by atoms with Crippen LogP contribution < -0.4 is 24.4 Å². The molecule has 1 saturated heterocycles. The molecule has 0 bridgehead atoms. The molecule has 0 unspecified atom stereocenters. The van der Waals surface area contributed by atoms with E-state index in [1.807, 2.05) is 0 Å². The van der Waals surface area contributed by atoms with Gasteiger partial charge in [-0.05, 0) is 60.3 Å². The average molecular weight is 416 g/mol. The summed E-state index contributed by atoms with van der Waals surface area (Å²) in [6.07, 6.45) is 1.39. The van der Waals surface area contributed by atoms with Crippen molar-refractivity contribution in [2.45, 2.75) is 0 Å². The van der Waals surface area contributed by atoms with Crippen LogP contribution in [0.1, 0.15) is 5.56 Å². The van der Waals surface area contributed by atoms with Crippen LogP contribution in [-0.4, -0.2) is 38.3 Å². The van der Waals surface area contributed by atoms with Gasteiger partial charge in [0.05, 0.1) is 27.0 Å². The van der Waals surface area contributed by atoms with E-state index in [9.17, 15) is 14.0 Å². The van der Waals surface area contributed by atoms with Crippen molar-refractivity contribution in [1.82, 2.24) is 5.32 Å². The van der Waals surface area contributed by atoms with Gasteiger partial charge in [-0.25, -0.2) is 4.39 Å². The van der Waals surface area contributed by atoms with Crippen molar-refractivity contribution in [3.8, 4) is 17.2 Å². The molecule has 0 saturated carbocycles. The number of hydrogen-bond donors (Lipinski definition) is 1. The summed E-state index contributed by atoms with van der Waals surface area (Å²) in [6.45, 7) is 0. The minimum atomic E-state index is -0.646. The van der Waals surface area contributed by atoms with E-state index in [0.29, 0.717) is 28.5 Å². The third-order valence-corrected chi connectivity index (χ3v) is 4.47. The Bertz CT molecular complexity index is 995. The van der Waals surface area contributed by atoms with Crippen LogP contribution in [0.5, 0.6) is 17.2 Å². The number of carbonyl (C=O) groups excluding carboxylic acids is 2. The summed E-state index contributed by atoms with van der Waals surface area (Å²) in [5, 5.41) is 2.38. The smallest absolute Gasteiger partial charge is 0.270 e. The molecule has 0 aromatic heterocycles. The number of benzene rings is 2. The van der Waals surface area contributed by atoms with Crippen molar-refractivity contribution < 1.29 is 28.2 Å². The van der Waals surface area contributed by atoms with Crippen LogP contribution in [0.25, 0.3) is 6.08 Å². The molecule has 1 N–H and O–H groups in total. The van der Waals surface area contributed by atoms with Gasteiger partial charge in [0.2, 0.25) is 5.75 Å². The molecule has 0 atom stereocenters. The Morgan fingerprint density at radius 1 is 1.00 bits per heavy atom. The highest BCUT2D eigenvalue weighted by Gasteiger charge is 2.34. The molecular formula is C20H17FN2O5S. The maximum atomic E-state index is 13.2. The second kappa shape index (κ2) is 8.27. The fraction of sp³-hybridized carbons (Fsp3) is 0.150. The zero-order chi connectivity index (χ0) is 21.1. The summed E-state index contributed by atoms with van der Waals surface area (Å²) in [5.74, 6) is -0.625. The van der Waals surface area contributed by atoms with Crippen molar-refractivity contribution in [3.63, 3.8) is 0 Å². The molecule has 29 heavy (non-hydrogen) atoms. The van der Waals surface area contributed by atoms with E-state index in [4.69, 9.17) is 26.4 Å². The van der Waals surface area contributed by atoms with Gasteiger partial charge in [-0.15, -0.1) is 0 Å². The molecule has 2 aromatic rings. The molecule has 1 aliphatic rings. The Balaban J connectivity index is 2.06. The number of anilines is 1. The zero-order valence-electron chi connectivity index (χ0n) is 15.8. The first-order valence-corrected chi connectivity index (χ1v) is 8.77. The summed E-state index contributed by atoms with van der Waals surface area (Å²) in [4.78, 5) is 26.5. The predicted molar refractivity (Wildman–Crippen MR) is 109 cm³/mol. The lowest BCUT2D eigenvalue weighted by Crippen LogP contribution is -2.54. The van der Waals surface area contributed by atoms with Crippen LogP contribution in [0.3, 0.4) is 0 Å². The maximum Gasteiger partial charge on any atom is 0.270 e. The molecule has 3 rings (SSSR count). The molecule has 9 heteroatoms. The van der Waals surface area contributed by atoms with Gasteiger partial charge in [0, 0.05) is 0 Å². The summed E-state index contributed by atoms with van der Waals surface area (Å²) >= 11 is 5.12. The number of carbonyl (C=O) groups is 2. The Labute approximate surface area is 171 Å². The average Bonchev–Trinajstić information content (AvgIpc) is 2.71. The quantitative estimate of drug-likeness (QED) is 0.459. The SMILES string of the molecule is COc1cc(/C=C2/C(=O)NC(=S)N(c3ccc(F)cc3)C2=O)cc(OC)c1OC. The van der Waals surface area contributed by atoms with Gasteiger partial charge in [-0.1, -0.05) is 0 Å². The number of thiocarbonyl (C=S) groups is 1.